The normalized spacial score (nSPS) is 17.0. The van der Waals surface area contributed by atoms with Gasteiger partial charge in [-0.2, -0.15) is 0 Å². The summed E-state index contributed by atoms with van der Waals surface area (Å²) in [6.45, 7) is 2.00. The average Bonchev–Trinajstić information content (AvgIpc) is 3.51. The Hall–Kier alpha value is -3.62. The second kappa shape index (κ2) is 9.93. The predicted molar refractivity (Wildman–Crippen MR) is 140 cm³/mol. The lowest BCUT2D eigenvalue weighted by atomic mass is 10.0. The van der Waals surface area contributed by atoms with E-state index in [1.165, 1.54) is 28.2 Å². The van der Waals surface area contributed by atoms with Gasteiger partial charge in [-0.25, -0.2) is 15.0 Å². The number of rotatable bonds is 7. The fourth-order valence-electron chi connectivity index (χ4n) is 4.56. The highest BCUT2D eigenvalue weighted by Gasteiger charge is 2.18. The molecular formula is C27H26N6OS. The van der Waals surface area contributed by atoms with Crippen molar-refractivity contribution in [3.05, 3.63) is 77.4 Å². The Morgan fingerprint density at radius 2 is 2.06 bits per heavy atom. The van der Waals surface area contributed by atoms with Crippen molar-refractivity contribution in [2.24, 2.45) is 4.99 Å². The van der Waals surface area contributed by atoms with E-state index in [2.05, 4.69) is 50.9 Å². The van der Waals surface area contributed by atoms with Crippen molar-refractivity contribution in [3.8, 4) is 22.2 Å². The molecule has 1 fully saturated rings. The van der Waals surface area contributed by atoms with Gasteiger partial charge in [-0.1, -0.05) is 30.3 Å². The molecule has 2 aliphatic rings. The quantitative estimate of drug-likeness (QED) is 0.366. The highest BCUT2D eigenvalue weighted by Crippen LogP contribution is 2.35. The topological polar surface area (TPSA) is 84.3 Å². The number of thiazole rings is 1. The number of hydrogen-bond donors (Lipinski definition) is 2. The maximum atomic E-state index is 6.23. The molecule has 0 bridgehead atoms. The smallest absolute Gasteiger partial charge is 0.239 e. The van der Waals surface area contributed by atoms with Crippen molar-refractivity contribution in [1.82, 2.24) is 20.3 Å². The van der Waals surface area contributed by atoms with E-state index in [4.69, 9.17) is 14.7 Å². The summed E-state index contributed by atoms with van der Waals surface area (Å²) in [5, 5.41) is 6.86. The van der Waals surface area contributed by atoms with Gasteiger partial charge in [0, 0.05) is 37.3 Å². The lowest BCUT2D eigenvalue weighted by Gasteiger charge is -2.23. The third kappa shape index (κ3) is 5.08. The fraction of sp³-hybridized carbons (Fsp3) is 0.259. The number of aromatic nitrogens is 3. The summed E-state index contributed by atoms with van der Waals surface area (Å²) in [5.41, 5.74) is 7.31. The molecule has 0 radical (unpaired) electrons. The van der Waals surface area contributed by atoms with Crippen molar-refractivity contribution in [2.45, 2.75) is 31.7 Å². The molecule has 6 rings (SSSR count). The standard InChI is InChI=1S/C27H26N6OS/c1-2-9-23-19(6-1)15-21(31-23)13-18-5-3-8-22(14-18)34-26-25(35-17-30-26)24-10-12-29-27(33-24)32-20-7-4-11-28-16-20/h1-3,5-6,8-10,12,14,17,20,28H,4,7,11,13,15-16H2,(H,29,32,33)/t20-/m0/s1. The van der Waals surface area contributed by atoms with Crippen LogP contribution in [0.5, 0.6) is 11.6 Å². The molecule has 7 nitrogen and oxygen atoms in total. The van der Waals surface area contributed by atoms with Gasteiger partial charge in [-0.05, 0) is 54.8 Å². The van der Waals surface area contributed by atoms with Gasteiger partial charge < -0.3 is 15.4 Å². The maximum absolute atomic E-state index is 6.23. The molecule has 2 aliphatic heterocycles. The van der Waals surface area contributed by atoms with Crippen LogP contribution in [0, 0.1) is 0 Å². The van der Waals surface area contributed by atoms with Crippen LogP contribution in [-0.2, 0) is 12.8 Å². The van der Waals surface area contributed by atoms with Crippen molar-refractivity contribution >= 4 is 28.7 Å². The molecule has 8 heteroatoms. The van der Waals surface area contributed by atoms with Crippen LogP contribution >= 0.6 is 11.3 Å². The lowest BCUT2D eigenvalue weighted by Crippen LogP contribution is -2.38. The van der Waals surface area contributed by atoms with E-state index in [1.807, 2.05) is 24.3 Å². The molecule has 0 unspecified atom stereocenters. The van der Waals surface area contributed by atoms with Gasteiger partial charge in [-0.15, -0.1) is 11.3 Å². The Labute approximate surface area is 208 Å². The van der Waals surface area contributed by atoms with Crippen LogP contribution in [0.2, 0.25) is 0 Å². The lowest BCUT2D eigenvalue weighted by molar-refractivity contribution is 0.467. The van der Waals surface area contributed by atoms with E-state index in [-0.39, 0.29) is 0 Å². The molecule has 1 atom stereocenters. The van der Waals surface area contributed by atoms with Gasteiger partial charge >= 0.3 is 0 Å². The summed E-state index contributed by atoms with van der Waals surface area (Å²) in [7, 11) is 0. The predicted octanol–water partition coefficient (Wildman–Crippen LogP) is 5.43. The molecule has 176 valence electrons. The minimum Gasteiger partial charge on any atom is -0.437 e. The third-order valence-corrected chi connectivity index (χ3v) is 7.07. The third-order valence-electron chi connectivity index (χ3n) is 6.24. The van der Waals surface area contributed by atoms with E-state index in [0.717, 1.165) is 60.8 Å². The summed E-state index contributed by atoms with van der Waals surface area (Å²) >= 11 is 1.51. The fourth-order valence-corrected chi connectivity index (χ4v) is 5.24. The Morgan fingerprint density at radius 1 is 1.09 bits per heavy atom. The van der Waals surface area contributed by atoms with Crippen LogP contribution in [0.4, 0.5) is 11.6 Å². The summed E-state index contributed by atoms with van der Waals surface area (Å²) in [4.78, 5) is 19.3. The second-order valence-corrected chi connectivity index (χ2v) is 9.70. The first-order valence-corrected chi connectivity index (χ1v) is 12.8. The van der Waals surface area contributed by atoms with Gasteiger partial charge in [0.1, 0.15) is 10.6 Å². The Balaban J connectivity index is 1.16. The van der Waals surface area contributed by atoms with Crippen molar-refractivity contribution in [1.29, 1.82) is 0 Å². The van der Waals surface area contributed by atoms with Crippen LogP contribution in [0.25, 0.3) is 10.6 Å². The molecule has 35 heavy (non-hydrogen) atoms. The maximum Gasteiger partial charge on any atom is 0.239 e. The zero-order valence-corrected chi connectivity index (χ0v) is 20.1. The number of para-hydroxylation sites is 1. The Morgan fingerprint density at radius 3 is 2.97 bits per heavy atom. The van der Waals surface area contributed by atoms with Gasteiger partial charge in [0.15, 0.2) is 0 Å². The summed E-state index contributed by atoms with van der Waals surface area (Å²) in [6, 6.07) is 18.7. The average molecular weight is 483 g/mol. The molecular weight excluding hydrogens is 456 g/mol. The Kier molecular flexibility index (Phi) is 6.21. The highest BCUT2D eigenvalue weighted by molar-refractivity contribution is 7.13. The number of aliphatic imine (C=N–C) groups is 1. The van der Waals surface area contributed by atoms with Crippen molar-refractivity contribution in [2.75, 3.05) is 18.4 Å². The van der Waals surface area contributed by atoms with Gasteiger partial charge in [-0.3, -0.25) is 4.99 Å². The molecule has 0 saturated carbocycles. The van der Waals surface area contributed by atoms with E-state index in [9.17, 15) is 0 Å². The van der Waals surface area contributed by atoms with Crippen LogP contribution in [0.3, 0.4) is 0 Å². The first-order valence-electron chi connectivity index (χ1n) is 12.0. The number of nitrogens with zero attached hydrogens (tertiary/aromatic N) is 4. The number of nitrogens with one attached hydrogen (secondary N) is 2. The number of hydrogen-bond acceptors (Lipinski definition) is 8. The molecule has 2 N–H and O–H groups in total. The molecule has 4 aromatic rings. The van der Waals surface area contributed by atoms with Gasteiger partial charge in [0.05, 0.1) is 16.9 Å². The monoisotopic (exact) mass is 482 g/mol. The van der Waals surface area contributed by atoms with Crippen LogP contribution in [-0.4, -0.2) is 39.8 Å². The summed E-state index contributed by atoms with van der Waals surface area (Å²) < 4.78 is 6.23. The van der Waals surface area contributed by atoms with Crippen LogP contribution in [0.15, 0.2) is 71.3 Å². The van der Waals surface area contributed by atoms with E-state index >= 15 is 0 Å². The van der Waals surface area contributed by atoms with Crippen molar-refractivity contribution < 1.29 is 4.74 Å². The number of fused-ring (bicyclic) bond motifs is 1. The number of piperidine rings is 1. The summed E-state index contributed by atoms with van der Waals surface area (Å²) in [5.74, 6) is 1.95. The van der Waals surface area contributed by atoms with Gasteiger partial charge in [0.2, 0.25) is 11.8 Å². The molecule has 4 heterocycles. The number of ether oxygens (including phenoxy) is 1. The SMILES string of the molecule is c1cc(CC2=Nc3ccccc3C2)cc(Oc2ncsc2-c2ccnc(N[C@H]3CCCNC3)n2)c1. The van der Waals surface area contributed by atoms with E-state index < -0.39 is 0 Å². The number of anilines is 1. The van der Waals surface area contributed by atoms with Gasteiger partial charge in [0.25, 0.3) is 0 Å². The molecule has 1 saturated heterocycles. The van der Waals surface area contributed by atoms with Crippen LogP contribution < -0.4 is 15.4 Å². The molecule has 0 aliphatic carbocycles. The first-order chi connectivity index (χ1) is 17.3. The highest BCUT2D eigenvalue weighted by atomic mass is 32.1. The largest absolute Gasteiger partial charge is 0.437 e. The summed E-state index contributed by atoms with van der Waals surface area (Å²) in [6.07, 6.45) is 5.75. The zero-order valence-electron chi connectivity index (χ0n) is 19.3. The van der Waals surface area contributed by atoms with Crippen molar-refractivity contribution in [3.63, 3.8) is 0 Å². The first kappa shape index (κ1) is 21.9. The molecule has 2 aromatic carbocycles. The van der Waals surface area contributed by atoms with Crippen LogP contribution in [0.1, 0.15) is 24.0 Å². The Bertz CT molecular complexity index is 1360. The minimum absolute atomic E-state index is 0.344. The minimum atomic E-state index is 0.344. The zero-order chi connectivity index (χ0) is 23.5. The van der Waals surface area contributed by atoms with E-state index in [1.54, 1.807) is 11.7 Å². The number of benzene rings is 2. The molecule has 0 amide bonds. The molecule has 2 aromatic heterocycles. The molecule has 0 spiro atoms. The van der Waals surface area contributed by atoms with E-state index in [0.29, 0.717) is 17.9 Å². The second-order valence-electron chi connectivity index (χ2n) is 8.85.